The van der Waals surface area contributed by atoms with Crippen LogP contribution in [-0.4, -0.2) is 25.8 Å². The van der Waals surface area contributed by atoms with Gasteiger partial charge in [-0.1, -0.05) is 49.5 Å². The smallest absolute Gasteiger partial charge is 0.0727 e. The molecule has 0 amide bonds. The van der Waals surface area contributed by atoms with Crippen LogP contribution in [-0.2, 0) is 11.2 Å². The first-order chi connectivity index (χ1) is 9.13. The summed E-state index contributed by atoms with van der Waals surface area (Å²) in [6, 6.07) is 5.87. The van der Waals surface area contributed by atoms with Crippen molar-refractivity contribution in [2.75, 3.05) is 13.7 Å². The van der Waals surface area contributed by atoms with Crippen LogP contribution in [0.25, 0.3) is 0 Å². The molecule has 0 aliphatic rings. The molecule has 2 atom stereocenters. The van der Waals surface area contributed by atoms with Gasteiger partial charge in [0.05, 0.1) is 6.10 Å². The molecule has 0 saturated carbocycles. The van der Waals surface area contributed by atoms with Crippen LogP contribution in [0.3, 0.4) is 0 Å². The molecule has 1 aromatic carbocycles. The fourth-order valence-corrected chi connectivity index (χ4v) is 2.86. The Morgan fingerprint density at radius 1 is 1.21 bits per heavy atom. The van der Waals surface area contributed by atoms with Crippen LogP contribution in [0, 0.1) is 0 Å². The van der Waals surface area contributed by atoms with Crippen molar-refractivity contribution in [2.45, 2.75) is 45.3 Å². The zero-order valence-corrected chi connectivity index (χ0v) is 13.4. The molecular weight excluding hydrogens is 281 g/mol. The first kappa shape index (κ1) is 16.8. The van der Waals surface area contributed by atoms with Gasteiger partial charge in [-0.15, -0.1) is 0 Å². The van der Waals surface area contributed by atoms with E-state index in [0.717, 1.165) is 41.4 Å². The van der Waals surface area contributed by atoms with Crippen LogP contribution in [0.5, 0.6) is 0 Å². The molecule has 0 saturated heterocycles. The number of ether oxygens (including phenoxy) is 1. The van der Waals surface area contributed by atoms with Gasteiger partial charge in [0, 0.05) is 23.2 Å². The maximum atomic E-state index is 6.25. The van der Waals surface area contributed by atoms with Crippen molar-refractivity contribution in [3.05, 3.63) is 33.8 Å². The summed E-state index contributed by atoms with van der Waals surface area (Å²) >= 11 is 12.5. The van der Waals surface area contributed by atoms with Crippen molar-refractivity contribution in [2.24, 2.45) is 0 Å². The minimum Gasteiger partial charge on any atom is -0.380 e. The number of methoxy groups -OCH3 is 1. The molecule has 19 heavy (non-hydrogen) atoms. The summed E-state index contributed by atoms with van der Waals surface area (Å²) in [6.45, 7) is 5.16. The van der Waals surface area contributed by atoms with Gasteiger partial charge in [0.15, 0.2) is 0 Å². The average molecular weight is 304 g/mol. The van der Waals surface area contributed by atoms with Gasteiger partial charge in [-0.2, -0.15) is 0 Å². The molecule has 2 nitrogen and oxygen atoms in total. The molecule has 1 aromatic rings. The summed E-state index contributed by atoms with van der Waals surface area (Å²) in [5.74, 6) is 0. The molecule has 4 heteroatoms. The summed E-state index contributed by atoms with van der Waals surface area (Å²) in [5.41, 5.74) is 0.995. The van der Waals surface area contributed by atoms with Gasteiger partial charge in [0.25, 0.3) is 0 Å². The summed E-state index contributed by atoms with van der Waals surface area (Å²) in [4.78, 5) is 0. The molecular formula is C15H23Cl2NO. The molecule has 2 unspecified atom stereocenters. The lowest BCUT2D eigenvalue weighted by atomic mass is 9.98. The predicted molar refractivity (Wildman–Crippen MR) is 83.3 cm³/mol. The summed E-state index contributed by atoms with van der Waals surface area (Å²) < 4.78 is 5.61. The van der Waals surface area contributed by atoms with E-state index in [0.29, 0.717) is 0 Å². The number of hydrogen-bond acceptors (Lipinski definition) is 2. The van der Waals surface area contributed by atoms with E-state index < -0.39 is 0 Å². The maximum absolute atomic E-state index is 6.25. The summed E-state index contributed by atoms with van der Waals surface area (Å²) in [7, 11) is 1.76. The van der Waals surface area contributed by atoms with Crippen LogP contribution in [0.2, 0.25) is 10.0 Å². The van der Waals surface area contributed by atoms with Gasteiger partial charge >= 0.3 is 0 Å². The zero-order chi connectivity index (χ0) is 14.3. The predicted octanol–water partition coefficient (Wildman–Crippen LogP) is 4.33. The van der Waals surface area contributed by atoms with E-state index in [2.05, 4.69) is 19.2 Å². The molecule has 0 aromatic heterocycles. The number of likely N-dealkylation sites (N-methyl/N-ethyl adjacent to an activating group) is 1. The third kappa shape index (κ3) is 4.96. The molecule has 0 spiro atoms. The second-order valence-corrected chi connectivity index (χ2v) is 5.45. The van der Waals surface area contributed by atoms with Gasteiger partial charge in [0.2, 0.25) is 0 Å². The number of halogens is 2. The van der Waals surface area contributed by atoms with E-state index in [9.17, 15) is 0 Å². The molecule has 108 valence electrons. The highest BCUT2D eigenvalue weighted by Gasteiger charge is 2.22. The number of nitrogens with one attached hydrogen (secondary N) is 1. The van der Waals surface area contributed by atoms with Crippen LogP contribution in [0.4, 0.5) is 0 Å². The van der Waals surface area contributed by atoms with Crippen molar-refractivity contribution in [1.29, 1.82) is 0 Å². The van der Waals surface area contributed by atoms with Crippen molar-refractivity contribution in [3.63, 3.8) is 0 Å². The van der Waals surface area contributed by atoms with E-state index >= 15 is 0 Å². The van der Waals surface area contributed by atoms with Gasteiger partial charge < -0.3 is 10.1 Å². The fraction of sp³-hybridized carbons (Fsp3) is 0.600. The lowest BCUT2D eigenvalue weighted by Gasteiger charge is -2.27. The SMILES string of the molecule is CCCC(OC)C(Cc1c(Cl)cccc1Cl)NCC. The average Bonchev–Trinajstić information content (AvgIpc) is 2.39. The van der Waals surface area contributed by atoms with E-state index in [4.69, 9.17) is 27.9 Å². The van der Waals surface area contributed by atoms with E-state index in [-0.39, 0.29) is 12.1 Å². The Labute approximate surface area is 126 Å². The third-order valence-corrected chi connectivity index (χ3v) is 3.98. The fourth-order valence-electron chi connectivity index (χ4n) is 2.31. The minimum absolute atomic E-state index is 0.178. The Morgan fingerprint density at radius 2 is 1.84 bits per heavy atom. The van der Waals surface area contributed by atoms with Crippen LogP contribution < -0.4 is 5.32 Å². The van der Waals surface area contributed by atoms with Crippen LogP contribution in [0.1, 0.15) is 32.3 Å². The summed E-state index contributed by atoms with van der Waals surface area (Å²) in [5, 5.41) is 4.93. The Bertz CT molecular complexity index is 364. The maximum Gasteiger partial charge on any atom is 0.0727 e. The number of rotatable bonds is 8. The number of hydrogen-bond donors (Lipinski definition) is 1. The van der Waals surface area contributed by atoms with Gasteiger partial charge in [-0.25, -0.2) is 0 Å². The van der Waals surface area contributed by atoms with Crippen molar-refractivity contribution < 1.29 is 4.74 Å². The van der Waals surface area contributed by atoms with Crippen LogP contribution in [0.15, 0.2) is 18.2 Å². The Balaban J connectivity index is 2.88. The standard InChI is InChI=1S/C15H23Cl2NO/c1-4-7-15(19-3)14(18-5-2)10-11-12(16)8-6-9-13(11)17/h6,8-9,14-15,18H,4-5,7,10H2,1-3H3. The summed E-state index contributed by atoms with van der Waals surface area (Å²) in [6.07, 6.45) is 3.08. The zero-order valence-electron chi connectivity index (χ0n) is 11.9. The van der Waals surface area contributed by atoms with E-state index in [1.807, 2.05) is 18.2 Å². The molecule has 0 aliphatic carbocycles. The first-order valence-electron chi connectivity index (χ1n) is 6.83. The Kier molecular flexibility index (Phi) is 7.77. The second kappa shape index (κ2) is 8.80. The monoisotopic (exact) mass is 303 g/mol. The third-order valence-electron chi connectivity index (χ3n) is 3.28. The largest absolute Gasteiger partial charge is 0.380 e. The lowest BCUT2D eigenvalue weighted by molar-refractivity contribution is 0.0614. The van der Waals surface area contributed by atoms with Crippen LogP contribution >= 0.6 is 23.2 Å². The first-order valence-corrected chi connectivity index (χ1v) is 7.58. The lowest BCUT2D eigenvalue weighted by Crippen LogP contribution is -2.42. The Morgan fingerprint density at radius 3 is 2.32 bits per heavy atom. The minimum atomic E-state index is 0.178. The van der Waals surface area contributed by atoms with Gasteiger partial charge in [-0.3, -0.25) is 0 Å². The molecule has 1 rings (SSSR count). The van der Waals surface area contributed by atoms with E-state index in [1.54, 1.807) is 7.11 Å². The Hall–Kier alpha value is -0.280. The topological polar surface area (TPSA) is 21.3 Å². The highest BCUT2D eigenvalue weighted by molar-refractivity contribution is 6.36. The van der Waals surface area contributed by atoms with Gasteiger partial charge in [0.1, 0.15) is 0 Å². The second-order valence-electron chi connectivity index (χ2n) is 4.63. The molecule has 0 fully saturated rings. The normalized spacial score (nSPS) is 14.4. The molecule has 0 bridgehead atoms. The quantitative estimate of drug-likeness (QED) is 0.772. The molecule has 0 radical (unpaired) electrons. The highest BCUT2D eigenvalue weighted by atomic mass is 35.5. The molecule has 1 N–H and O–H groups in total. The molecule has 0 aliphatic heterocycles. The van der Waals surface area contributed by atoms with Crippen molar-refractivity contribution >= 4 is 23.2 Å². The van der Waals surface area contributed by atoms with Gasteiger partial charge in [-0.05, 0) is 37.1 Å². The highest BCUT2D eigenvalue weighted by Crippen LogP contribution is 2.26. The van der Waals surface area contributed by atoms with Crippen molar-refractivity contribution in [3.8, 4) is 0 Å². The van der Waals surface area contributed by atoms with E-state index in [1.165, 1.54) is 0 Å². The van der Waals surface area contributed by atoms with Crippen molar-refractivity contribution in [1.82, 2.24) is 5.32 Å². The number of benzene rings is 1. The molecule has 0 heterocycles.